The van der Waals surface area contributed by atoms with Crippen molar-refractivity contribution < 1.29 is 9.31 Å². The third-order valence-electron chi connectivity index (χ3n) is 0.893. The van der Waals surface area contributed by atoms with E-state index in [1.54, 1.807) is 5.98 Å². The summed E-state index contributed by atoms with van der Waals surface area (Å²) in [5.74, 6) is 1.59. The highest BCUT2D eigenvalue weighted by Gasteiger charge is 2.21. The van der Waals surface area contributed by atoms with Gasteiger partial charge in [0, 0.05) is 5.60 Å². The lowest BCUT2D eigenvalue weighted by atomic mass is 9.89. The molecule has 0 bridgehead atoms. The lowest BCUT2D eigenvalue weighted by Gasteiger charge is -2.22. The van der Waals surface area contributed by atoms with Gasteiger partial charge in [-0.3, -0.25) is 0 Å². The average Bonchev–Trinajstić information content (AvgIpc) is 1.84. The number of hydrogen-bond acceptors (Lipinski definition) is 2. The van der Waals surface area contributed by atoms with Gasteiger partial charge in [-0.1, -0.05) is 6.58 Å². The molecule has 0 atom stereocenters. The highest BCUT2D eigenvalue weighted by molar-refractivity contribution is 6.50. The van der Waals surface area contributed by atoms with Crippen molar-refractivity contribution in [1.82, 2.24) is 0 Å². The topological polar surface area (TPSA) is 18.5 Å². The molecule has 11 heavy (non-hydrogen) atoms. The van der Waals surface area contributed by atoms with E-state index < -0.39 is 7.12 Å². The molecule has 0 saturated carbocycles. The zero-order chi connectivity index (χ0) is 8.91. The maximum atomic E-state index is 5.42. The van der Waals surface area contributed by atoms with Gasteiger partial charge < -0.3 is 9.31 Å². The molecule has 0 aliphatic rings. The Morgan fingerprint density at radius 3 is 2.09 bits per heavy atom. The highest BCUT2D eigenvalue weighted by atomic mass is 16.6. The van der Waals surface area contributed by atoms with E-state index in [4.69, 9.17) is 9.31 Å². The van der Waals surface area contributed by atoms with Crippen LogP contribution in [-0.4, -0.2) is 12.7 Å². The first-order valence-electron chi connectivity index (χ1n) is 3.56. The minimum atomic E-state index is -0.396. The first-order chi connectivity index (χ1) is 4.99. The summed E-state index contributed by atoms with van der Waals surface area (Å²) in [6.45, 7) is 12.9. The summed E-state index contributed by atoms with van der Waals surface area (Å²) >= 11 is 0. The Hall–Kier alpha value is -0.695. The monoisotopic (exact) mass is 154 g/mol. The Balaban J connectivity index is 3.87. The predicted molar refractivity (Wildman–Crippen MR) is 48.1 cm³/mol. The molecule has 0 aliphatic heterocycles. The van der Waals surface area contributed by atoms with Crippen LogP contribution in [0.1, 0.15) is 20.8 Å². The third-order valence-corrected chi connectivity index (χ3v) is 0.893. The maximum Gasteiger partial charge on any atom is 0.554 e. The summed E-state index contributed by atoms with van der Waals surface area (Å²) in [6.07, 6.45) is 1.35. The van der Waals surface area contributed by atoms with Gasteiger partial charge in [-0.05, 0) is 26.7 Å². The van der Waals surface area contributed by atoms with Gasteiger partial charge in [0.25, 0.3) is 0 Å². The SMILES string of the molecule is C=COB(C=C)OC(C)(C)C. The zero-order valence-electron chi connectivity index (χ0n) is 7.46. The van der Waals surface area contributed by atoms with E-state index in [1.165, 1.54) is 6.26 Å². The predicted octanol–water partition coefficient (Wildman–Crippen LogP) is 2.17. The van der Waals surface area contributed by atoms with Crippen molar-refractivity contribution in [1.29, 1.82) is 0 Å². The first kappa shape index (κ1) is 10.3. The van der Waals surface area contributed by atoms with Gasteiger partial charge in [-0.2, -0.15) is 0 Å². The average molecular weight is 154 g/mol. The minimum Gasteiger partial charge on any atom is -0.539 e. The van der Waals surface area contributed by atoms with Crippen molar-refractivity contribution >= 4 is 7.12 Å². The van der Waals surface area contributed by atoms with Crippen molar-refractivity contribution in [3.63, 3.8) is 0 Å². The van der Waals surface area contributed by atoms with Crippen LogP contribution < -0.4 is 0 Å². The van der Waals surface area contributed by atoms with E-state index in [-0.39, 0.29) is 5.60 Å². The van der Waals surface area contributed by atoms with Crippen LogP contribution in [0.15, 0.2) is 25.4 Å². The van der Waals surface area contributed by atoms with Gasteiger partial charge in [0.05, 0.1) is 6.26 Å². The molecule has 0 aromatic rings. The molecule has 3 heteroatoms. The van der Waals surface area contributed by atoms with Crippen LogP contribution in [0.2, 0.25) is 0 Å². The number of hydrogen-bond donors (Lipinski definition) is 0. The van der Waals surface area contributed by atoms with Crippen molar-refractivity contribution in [2.75, 3.05) is 0 Å². The molecule has 62 valence electrons. The fourth-order valence-corrected chi connectivity index (χ4v) is 0.575. The summed E-state index contributed by atoms with van der Waals surface area (Å²) in [7, 11) is -0.396. The maximum absolute atomic E-state index is 5.42. The van der Waals surface area contributed by atoms with Gasteiger partial charge in [-0.15, -0.1) is 6.58 Å². The van der Waals surface area contributed by atoms with Gasteiger partial charge >= 0.3 is 7.12 Å². The zero-order valence-corrected chi connectivity index (χ0v) is 7.46. The van der Waals surface area contributed by atoms with Crippen LogP contribution in [-0.2, 0) is 9.31 Å². The molecule has 0 rings (SSSR count). The normalized spacial score (nSPS) is 10.5. The van der Waals surface area contributed by atoms with Crippen molar-refractivity contribution in [2.45, 2.75) is 26.4 Å². The van der Waals surface area contributed by atoms with E-state index in [1.807, 2.05) is 20.8 Å². The molecular formula is C8H15BO2. The van der Waals surface area contributed by atoms with E-state index >= 15 is 0 Å². The summed E-state index contributed by atoms with van der Waals surface area (Å²) in [5.41, 5.74) is -0.220. The van der Waals surface area contributed by atoms with E-state index in [0.29, 0.717) is 0 Å². The molecular weight excluding hydrogens is 139 g/mol. The van der Waals surface area contributed by atoms with Gasteiger partial charge in [-0.25, -0.2) is 0 Å². The molecule has 0 fully saturated rings. The Kier molecular flexibility index (Phi) is 3.97. The van der Waals surface area contributed by atoms with Crippen molar-refractivity contribution in [3.8, 4) is 0 Å². The van der Waals surface area contributed by atoms with Gasteiger partial charge in [0.2, 0.25) is 0 Å². The van der Waals surface area contributed by atoms with Crippen LogP contribution in [0.4, 0.5) is 0 Å². The van der Waals surface area contributed by atoms with Crippen LogP contribution in [0, 0.1) is 0 Å². The van der Waals surface area contributed by atoms with Crippen LogP contribution in [0.5, 0.6) is 0 Å². The second kappa shape index (κ2) is 4.24. The standard InChI is InChI=1S/C8H15BO2/c1-6-9(10-7-2)11-8(3,4)5/h6-7H,1-2H2,3-5H3. The van der Waals surface area contributed by atoms with Crippen molar-refractivity contribution in [2.24, 2.45) is 0 Å². The molecule has 0 heterocycles. The summed E-state index contributed by atoms with van der Waals surface area (Å²) in [4.78, 5) is 0. The highest BCUT2D eigenvalue weighted by Crippen LogP contribution is 2.09. The summed E-state index contributed by atoms with van der Waals surface area (Å²) < 4.78 is 10.4. The quantitative estimate of drug-likeness (QED) is 0.456. The molecule has 0 aromatic heterocycles. The van der Waals surface area contributed by atoms with Crippen molar-refractivity contribution in [3.05, 3.63) is 25.4 Å². The smallest absolute Gasteiger partial charge is 0.539 e. The van der Waals surface area contributed by atoms with Crippen LogP contribution in [0.25, 0.3) is 0 Å². The molecule has 0 aliphatic carbocycles. The largest absolute Gasteiger partial charge is 0.554 e. The Bertz CT molecular complexity index is 138. The molecule has 0 unspecified atom stereocenters. The molecule has 0 saturated heterocycles. The van der Waals surface area contributed by atoms with E-state index in [0.717, 1.165) is 0 Å². The second-order valence-electron chi connectivity index (χ2n) is 3.14. The summed E-state index contributed by atoms with van der Waals surface area (Å²) in [5, 5.41) is 0. The Labute approximate surface area is 69.0 Å². The van der Waals surface area contributed by atoms with Crippen LogP contribution >= 0.6 is 0 Å². The van der Waals surface area contributed by atoms with E-state index in [9.17, 15) is 0 Å². The molecule has 0 radical (unpaired) electrons. The lowest BCUT2D eigenvalue weighted by molar-refractivity contribution is 0.103. The second-order valence-corrected chi connectivity index (χ2v) is 3.14. The first-order valence-corrected chi connectivity index (χ1v) is 3.56. The van der Waals surface area contributed by atoms with Gasteiger partial charge in [0.1, 0.15) is 0 Å². The molecule has 2 nitrogen and oxygen atoms in total. The van der Waals surface area contributed by atoms with E-state index in [2.05, 4.69) is 13.2 Å². The third kappa shape index (κ3) is 5.73. The Morgan fingerprint density at radius 2 is 1.82 bits per heavy atom. The lowest BCUT2D eigenvalue weighted by Crippen LogP contribution is -2.30. The fourth-order valence-electron chi connectivity index (χ4n) is 0.575. The fraction of sp³-hybridized carbons (Fsp3) is 0.500. The van der Waals surface area contributed by atoms with Gasteiger partial charge in [0.15, 0.2) is 0 Å². The molecule has 0 aromatic carbocycles. The van der Waals surface area contributed by atoms with Crippen LogP contribution in [0.3, 0.4) is 0 Å². The minimum absolute atomic E-state index is 0.220. The Morgan fingerprint density at radius 1 is 1.27 bits per heavy atom. The number of rotatable bonds is 4. The molecule has 0 N–H and O–H groups in total. The molecule has 0 amide bonds. The summed E-state index contributed by atoms with van der Waals surface area (Å²) in [6, 6.07) is 0. The molecule has 0 spiro atoms.